The molecule has 0 aromatic heterocycles. The van der Waals surface area contributed by atoms with Crippen molar-refractivity contribution in [3.63, 3.8) is 0 Å². The summed E-state index contributed by atoms with van der Waals surface area (Å²) in [5.74, 6) is 0.789. The van der Waals surface area contributed by atoms with Crippen LogP contribution in [0.2, 0.25) is 0 Å². The summed E-state index contributed by atoms with van der Waals surface area (Å²) in [6, 6.07) is 8.23. The van der Waals surface area contributed by atoms with Gasteiger partial charge in [0, 0.05) is 5.75 Å². The molecule has 0 amide bonds. The average Bonchev–Trinajstić information content (AvgIpc) is 2.01. The van der Waals surface area contributed by atoms with Gasteiger partial charge in [0.1, 0.15) is 0 Å². The highest BCUT2D eigenvalue weighted by atomic mass is 79.9. The van der Waals surface area contributed by atoms with Crippen molar-refractivity contribution in [1.82, 2.24) is 0 Å². The van der Waals surface area contributed by atoms with Crippen molar-refractivity contribution in [2.45, 2.75) is 12.7 Å². The maximum absolute atomic E-state index is 7.04. The Kier molecular flexibility index (Phi) is 5.82. The van der Waals surface area contributed by atoms with Crippen LogP contribution in [0.5, 0.6) is 0 Å². The zero-order chi connectivity index (χ0) is 8.97. The van der Waals surface area contributed by atoms with Gasteiger partial charge in [-0.15, -0.1) is 17.0 Å². The molecule has 0 aliphatic heterocycles. The minimum absolute atomic E-state index is 0. The third kappa shape index (κ3) is 4.95. The Balaban J connectivity index is 0.00000144. The lowest BCUT2D eigenvalue weighted by atomic mass is 10.2. The number of nitrogens with one attached hydrogen (secondary N) is 1. The standard InChI is InChI=1S/C9H12N2S.BrH/c1-7-3-2-4-8(5-7)6-12-9(10)11;/h2-5H,6H2,1H3,(H3,10,11);1H. The first kappa shape index (κ1) is 12.5. The average molecular weight is 261 g/mol. The topological polar surface area (TPSA) is 49.9 Å². The summed E-state index contributed by atoms with van der Waals surface area (Å²) in [7, 11) is 0. The molecule has 0 spiro atoms. The fraction of sp³-hybridized carbons (Fsp3) is 0.222. The lowest BCUT2D eigenvalue weighted by Crippen LogP contribution is -2.03. The highest BCUT2D eigenvalue weighted by molar-refractivity contribution is 8.93. The molecule has 2 nitrogen and oxygen atoms in total. The van der Waals surface area contributed by atoms with E-state index >= 15 is 0 Å². The fourth-order valence-electron chi connectivity index (χ4n) is 0.963. The van der Waals surface area contributed by atoms with Crippen LogP contribution in [0.1, 0.15) is 11.1 Å². The van der Waals surface area contributed by atoms with E-state index in [4.69, 9.17) is 11.1 Å². The van der Waals surface area contributed by atoms with Gasteiger partial charge in [0.05, 0.1) is 0 Å². The van der Waals surface area contributed by atoms with Crippen molar-refractivity contribution in [2.75, 3.05) is 0 Å². The highest BCUT2D eigenvalue weighted by Crippen LogP contribution is 2.12. The zero-order valence-corrected chi connectivity index (χ0v) is 9.94. The Morgan fingerprint density at radius 1 is 1.54 bits per heavy atom. The normalized spacial score (nSPS) is 9.00. The van der Waals surface area contributed by atoms with Crippen LogP contribution in [0.25, 0.3) is 0 Å². The van der Waals surface area contributed by atoms with E-state index in [2.05, 4.69) is 19.1 Å². The molecule has 0 aliphatic rings. The predicted octanol–water partition coefficient (Wildman–Crippen LogP) is 2.70. The molecule has 0 bridgehead atoms. The van der Waals surface area contributed by atoms with Gasteiger partial charge in [0.25, 0.3) is 0 Å². The van der Waals surface area contributed by atoms with Crippen LogP contribution >= 0.6 is 28.7 Å². The third-order valence-electron chi connectivity index (χ3n) is 1.48. The molecule has 0 radical (unpaired) electrons. The summed E-state index contributed by atoms with van der Waals surface area (Å²) in [5, 5.41) is 7.22. The van der Waals surface area contributed by atoms with E-state index in [1.165, 1.54) is 22.9 Å². The Morgan fingerprint density at radius 3 is 2.77 bits per heavy atom. The molecule has 4 heteroatoms. The van der Waals surface area contributed by atoms with Crippen LogP contribution in [0.15, 0.2) is 24.3 Å². The van der Waals surface area contributed by atoms with E-state index in [1.54, 1.807) is 0 Å². The van der Waals surface area contributed by atoms with E-state index in [9.17, 15) is 0 Å². The Labute approximate surface area is 93.2 Å². The van der Waals surface area contributed by atoms with Gasteiger partial charge in [0.2, 0.25) is 0 Å². The highest BCUT2D eigenvalue weighted by Gasteiger charge is 1.94. The van der Waals surface area contributed by atoms with Gasteiger partial charge in [0.15, 0.2) is 5.17 Å². The van der Waals surface area contributed by atoms with Crippen LogP contribution in [0, 0.1) is 12.3 Å². The van der Waals surface area contributed by atoms with Crippen LogP contribution in [-0.2, 0) is 5.75 Å². The maximum Gasteiger partial charge on any atom is 0.151 e. The number of aryl methyl sites for hydroxylation is 1. The summed E-state index contributed by atoms with van der Waals surface area (Å²) in [5.41, 5.74) is 7.69. The number of hydrogen-bond donors (Lipinski definition) is 2. The number of rotatable bonds is 2. The molecule has 0 fully saturated rings. The fourth-order valence-corrected chi connectivity index (χ4v) is 1.46. The zero-order valence-electron chi connectivity index (χ0n) is 7.41. The number of thioether (sulfide) groups is 1. The molecule has 0 heterocycles. The SMILES string of the molecule is Br.Cc1cccc(CSC(=N)N)c1. The van der Waals surface area contributed by atoms with Crippen molar-refractivity contribution >= 4 is 33.9 Å². The first-order valence-electron chi connectivity index (χ1n) is 3.71. The lowest BCUT2D eigenvalue weighted by Gasteiger charge is -2.00. The Hall–Kier alpha value is -0.480. The lowest BCUT2D eigenvalue weighted by molar-refractivity contribution is 1.36. The number of benzene rings is 1. The molecule has 0 saturated carbocycles. The molecule has 3 N–H and O–H groups in total. The molecule has 0 unspecified atom stereocenters. The molecule has 0 saturated heterocycles. The van der Waals surface area contributed by atoms with E-state index in [0.29, 0.717) is 0 Å². The van der Waals surface area contributed by atoms with Gasteiger partial charge in [-0.1, -0.05) is 41.6 Å². The number of nitrogens with two attached hydrogens (primary N) is 1. The first-order chi connectivity index (χ1) is 5.68. The molecular weight excluding hydrogens is 248 g/mol. The van der Waals surface area contributed by atoms with Crippen LogP contribution in [0.4, 0.5) is 0 Å². The van der Waals surface area contributed by atoms with Crippen molar-refractivity contribution in [2.24, 2.45) is 5.73 Å². The number of halogens is 1. The van der Waals surface area contributed by atoms with E-state index in [1.807, 2.05) is 12.1 Å². The summed E-state index contributed by atoms with van der Waals surface area (Å²) >= 11 is 1.35. The largest absolute Gasteiger partial charge is 0.379 e. The van der Waals surface area contributed by atoms with Crippen LogP contribution in [-0.4, -0.2) is 5.17 Å². The summed E-state index contributed by atoms with van der Waals surface area (Å²) in [4.78, 5) is 0. The predicted molar refractivity (Wildman–Crippen MR) is 64.7 cm³/mol. The van der Waals surface area contributed by atoms with E-state index < -0.39 is 0 Å². The molecule has 1 rings (SSSR count). The second kappa shape index (κ2) is 6.05. The Morgan fingerprint density at radius 2 is 2.23 bits per heavy atom. The van der Waals surface area contributed by atoms with Gasteiger partial charge >= 0.3 is 0 Å². The minimum Gasteiger partial charge on any atom is -0.379 e. The summed E-state index contributed by atoms with van der Waals surface area (Å²) in [6.07, 6.45) is 0. The molecule has 72 valence electrons. The van der Waals surface area contributed by atoms with Crippen LogP contribution < -0.4 is 5.73 Å². The van der Waals surface area contributed by atoms with Gasteiger partial charge in [-0.3, -0.25) is 5.41 Å². The van der Waals surface area contributed by atoms with Gasteiger partial charge in [-0.2, -0.15) is 0 Å². The summed E-state index contributed by atoms with van der Waals surface area (Å²) < 4.78 is 0. The second-order valence-electron chi connectivity index (χ2n) is 2.64. The van der Waals surface area contributed by atoms with Gasteiger partial charge in [-0.05, 0) is 12.5 Å². The molecular formula is C9H13BrN2S. The first-order valence-corrected chi connectivity index (χ1v) is 4.69. The number of amidine groups is 1. The molecule has 1 aromatic carbocycles. The monoisotopic (exact) mass is 260 g/mol. The number of hydrogen-bond acceptors (Lipinski definition) is 2. The quantitative estimate of drug-likeness (QED) is 0.635. The summed E-state index contributed by atoms with van der Waals surface area (Å²) in [6.45, 7) is 2.06. The van der Waals surface area contributed by atoms with Crippen molar-refractivity contribution in [3.05, 3.63) is 35.4 Å². The third-order valence-corrected chi connectivity index (χ3v) is 2.27. The molecule has 13 heavy (non-hydrogen) atoms. The van der Waals surface area contributed by atoms with Crippen molar-refractivity contribution < 1.29 is 0 Å². The Bertz CT molecular complexity index is 289. The molecule has 0 aliphatic carbocycles. The maximum atomic E-state index is 7.04. The minimum atomic E-state index is 0. The van der Waals surface area contributed by atoms with Gasteiger partial charge < -0.3 is 5.73 Å². The second-order valence-corrected chi connectivity index (χ2v) is 3.66. The van der Waals surface area contributed by atoms with Gasteiger partial charge in [-0.25, -0.2) is 0 Å². The molecule has 0 atom stereocenters. The van der Waals surface area contributed by atoms with Crippen molar-refractivity contribution in [1.29, 1.82) is 5.41 Å². The smallest absolute Gasteiger partial charge is 0.151 e. The molecule has 1 aromatic rings. The van der Waals surface area contributed by atoms with E-state index in [0.717, 1.165) is 5.75 Å². The van der Waals surface area contributed by atoms with Crippen LogP contribution in [0.3, 0.4) is 0 Å². The van der Waals surface area contributed by atoms with E-state index in [-0.39, 0.29) is 22.1 Å². The van der Waals surface area contributed by atoms with Crippen molar-refractivity contribution in [3.8, 4) is 0 Å².